The lowest BCUT2D eigenvalue weighted by Gasteiger charge is -2.30. The van der Waals surface area contributed by atoms with Crippen LogP contribution in [-0.4, -0.2) is 76.8 Å². The minimum absolute atomic E-state index is 0.104. The van der Waals surface area contributed by atoms with Gasteiger partial charge in [-0.25, -0.2) is 0 Å². The fourth-order valence-corrected chi connectivity index (χ4v) is 4.60. The van der Waals surface area contributed by atoms with Crippen LogP contribution < -0.4 is 0 Å². The molecule has 0 amide bonds. The Morgan fingerprint density at radius 1 is 0.743 bits per heavy atom. The van der Waals surface area contributed by atoms with Gasteiger partial charge in [-0.3, -0.25) is 19.8 Å². The zero-order valence-electron chi connectivity index (χ0n) is 19.3. The molecule has 0 spiro atoms. The van der Waals surface area contributed by atoms with Gasteiger partial charge in [-0.15, -0.1) is 0 Å². The molecule has 0 atom stereocenters. The summed E-state index contributed by atoms with van der Waals surface area (Å²) >= 11 is 3.53. The van der Waals surface area contributed by atoms with Crippen LogP contribution in [0.25, 0.3) is 0 Å². The molecule has 0 bridgehead atoms. The Hall–Kier alpha value is -3.20. The first kappa shape index (κ1) is 24.9. The summed E-state index contributed by atoms with van der Waals surface area (Å²) < 4.78 is 0.909. The first-order valence-corrected chi connectivity index (χ1v) is 12.3. The number of aliphatic imine (C=N–C) groups is 2. The fourth-order valence-electron chi connectivity index (χ4n) is 4.22. The third-order valence-electron chi connectivity index (χ3n) is 6.00. The molecule has 182 valence electrons. The number of para-hydroxylation sites is 2. The van der Waals surface area contributed by atoms with E-state index in [4.69, 9.17) is 0 Å². The van der Waals surface area contributed by atoms with Crippen LogP contribution in [0.1, 0.15) is 22.9 Å². The van der Waals surface area contributed by atoms with Gasteiger partial charge in [0.05, 0.1) is 19.3 Å². The number of hydrogen-bond acceptors (Lipinski definition) is 7. The van der Waals surface area contributed by atoms with Crippen molar-refractivity contribution < 1.29 is 15.3 Å². The molecule has 1 fully saturated rings. The number of benzene rings is 3. The van der Waals surface area contributed by atoms with Crippen LogP contribution in [-0.2, 0) is 0 Å². The smallest absolute Gasteiger partial charge is 0.124 e. The predicted molar refractivity (Wildman–Crippen MR) is 143 cm³/mol. The lowest BCUT2D eigenvalue weighted by atomic mass is 10.1. The van der Waals surface area contributed by atoms with Crippen LogP contribution in [0.15, 0.2) is 81.2 Å². The quantitative estimate of drug-likeness (QED) is 0.352. The van der Waals surface area contributed by atoms with E-state index in [9.17, 15) is 15.3 Å². The highest BCUT2D eigenvalue weighted by molar-refractivity contribution is 9.10. The molecule has 0 radical (unpaired) electrons. The average molecular weight is 537 g/mol. The normalized spacial score (nSPS) is 17.1. The molecule has 3 N–H and O–H groups in total. The minimum atomic E-state index is -0.104. The molecule has 1 heterocycles. The second-order valence-corrected chi connectivity index (χ2v) is 9.25. The lowest BCUT2D eigenvalue weighted by molar-refractivity contribution is 0.140. The molecule has 0 aromatic heterocycles. The molecule has 3 aromatic carbocycles. The van der Waals surface area contributed by atoms with Crippen LogP contribution in [0, 0.1) is 0 Å². The van der Waals surface area contributed by atoms with E-state index < -0.39 is 0 Å². The van der Waals surface area contributed by atoms with Crippen molar-refractivity contribution in [2.75, 3.05) is 39.3 Å². The standard InChI is InChI=1S/C27H29BrN4O3/c28-22-9-10-26(35)23(17-22)27-31(13-11-29-18-20-5-1-3-7-24(20)33)15-16-32(27)14-12-30-19-21-6-2-4-8-25(21)34/h1-10,17-19,27,33-35H,11-16H2. The maximum Gasteiger partial charge on any atom is 0.124 e. The van der Waals surface area contributed by atoms with Crippen molar-refractivity contribution >= 4 is 28.4 Å². The van der Waals surface area contributed by atoms with Crippen LogP contribution >= 0.6 is 15.9 Å². The first-order chi connectivity index (χ1) is 17.0. The Kier molecular flexibility index (Phi) is 8.52. The van der Waals surface area contributed by atoms with E-state index in [2.05, 4.69) is 35.7 Å². The highest BCUT2D eigenvalue weighted by Crippen LogP contribution is 2.36. The molecular weight excluding hydrogens is 508 g/mol. The summed E-state index contributed by atoms with van der Waals surface area (Å²) in [7, 11) is 0. The van der Waals surface area contributed by atoms with E-state index in [1.54, 1.807) is 42.8 Å². The summed E-state index contributed by atoms with van der Waals surface area (Å²) in [5.74, 6) is 0.681. The maximum absolute atomic E-state index is 10.6. The summed E-state index contributed by atoms with van der Waals surface area (Å²) in [5.41, 5.74) is 2.23. The topological polar surface area (TPSA) is 91.9 Å². The third-order valence-corrected chi connectivity index (χ3v) is 6.49. The predicted octanol–water partition coefficient (Wildman–Crippen LogP) is 4.42. The van der Waals surface area contributed by atoms with Crippen molar-refractivity contribution in [1.29, 1.82) is 0 Å². The molecule has 3 aromatic rings. The lowest BCUT2D eigenvalue weighted by Crippen LogP contribution is -2.34. The first-order valence-electron chi connectivity index (χ1n) is 11.5. The van der Waals surface area contributed by atoms with Crippen molar-refractivity contribution in [2.45, 2.75) is 6.17 Å². The van der Waals surface area contributed by atoms with Crippen LogP contribution in [0.4, 0.5) is 0 Å². The van der Waals surface area contributed by atoms with E-state index in [1.165, 1.54) is 0 Å². The van der Waals surface area contributed by atoms with Crippen molar-refractivity contribution in [3.63, 3.8) is 0 Å². The molecule has 8 heteroatoms. The molecule has 7 nitrogen and oxygen atoms in total. The van der Waals surface area contributed by atoms with E-state index in [0.29, 0.717) is 37.3 Å². The summed E-state index contributed by atoms with van der Waals surface area (Å²) in [6, 6.07) is 19.8. The molecule has 0 saturated carbocycles. The Morgan fingerprint density at radius 3 is 1.77 bits per heavy atom. The van der Waals surface area contributed by atoms with Gasteiger partial charge >= 0.3 is 0 Å². The van der Waals surface area contributed by atoms with Crippen LogP contribution in [0.5, 0.6) is 17.2 Å². The SMILES string of the molecule is Oc1ccccc1C=NCCN1CCN(CCN=Cc2ccccc2O)C1c1cc(Br)ccc1O. The van der Waals surface area contributed by atoms with Gasteiger partial charge in [0, 0.05) is 59.8 Å². The van der Waals surface area contributed by atoms with E-state index in [-0.39, 0.29) is 23.4 Å². The van der Waals surface area contributed by atoms with Gasteiger partial charge in [-0.1, -0.05) is 40.2 Å². The third kappa shape index (κ3) is 6.48. The Balaban J connectivity index is 1.44. The number of rotatable bonds is 9. The number of aromatic hydroxyl groups is 3. The van der Waals surface area contributed by atoms with Crippen molar-refractivity contribution in [1.82, 2.24) is 9.80 Å². The highest BCUT2D eigenvalue weighted by atomic mass is 79.9. The molecule has 0 aliphatic carbocycles. The van der Waals surface area contributed by atoms with Crippen molar-refractivity contribution in [3.8, 4) is 17.2 Å². The van der Waals surface area contributed by atoms with Gasteiger partial charge < -0.3 is 15.3 Å². The van der Waals surface area contributed by atoms with Gasteiger partial charge in [-0.2, -0.15) is 0 Å². The van der Waals surface area contributed by atoms with Crippen LogP contribution in [0.2, 0.25) is 0 Å². The molecule has 1 aliphatic rings. The zero-order chi connectivity index (χ0) is 24.6. The molecule has 0 unspecified atom stereocenters. The monoisotopic (exact) mass is 536 g/mol. The summed E-state index contributed by atoms with van der Waals surface area (Å²) in [6.45, 7) is 4.23. The number of halogens is 1. The second-order valence-electron chi connectivity index (χ2n) is 8.34. The number of nitrogens with zero attached hydrogens (tertiary/aromatic N) is 4. The summed E-state index contributed by atoms with van der Waals surface area (Å²) in [5, 5.41) is 30.5. The van der Waals surface area contributed by atoms with Gasteiger partial charge in [0.25, 0.3) is 0 Å². The fraction of sp³-hybridized carbons (Fsp3) is 0.259. The summed E-state index contributed by atoms with van der Waals surface area (Å²) in [6.07, 6.45) is 3.29. The average Bonchev–Trinajstić information content (AvgIpc) is 3.25. The van der Waals surface area contributed by atoms with Crippen molar-refractivity contribution in [2.24, 2.45) is 9.98 Å². The molecular formula is C27H29BrN4O3. The van der Waals surface area contributed by atoms with E-state index >= 15 is 0 Å². The van der Waals surface area contributed by atoms with Crippen molar-refractivity contribution in [3.05, 3.63) is 87.9 Å². The Bertz CT molecular complexity index is 1130. The van der Waals surface area contributed by atoms with Gasteiger partial charge in [0.15, 0.2) is 0 Å². The zero-order valence-corrected chi connectivity index (χ0v) is 20.9. The van der Waals surface area contributed by atoms with Gasteiger partial charge in [-0.05, 0) is 42.5 Å². The number of phenolic OH excluding ortho intramolecular Hbond substituents is 3. The molecule has 35 heavy (non-hydrogen) atoms. The highest BCUT2D eigenvalue weighted by Gasteiger charge is 2.34. The van der Waals surface area contributed by atoms with Crippen LogP contribution in [0.3, 0.4) is 0 Å². The molecule has 4 rings (SSSR count). The maximum atomic E-state index is 10.6. The summed E-state index contributed by atoms with van der Waals surface area (Å²) in [4.78, 5) is 13.6. The number of phenols is 3. The minimum Gasteiger partial charge on any atom is -0.508 e. The Morgan fingerprint density at radius 2 is 1.26 bits per heavy atom. The van der Waals surface area contributed by atoms with E-state index in [1.807, 2.05) is 36.4 Å². The van der Waals surface area contributed by atoms with Gasteiger partial charge in [0.1, 0.15) is 17.2 Å². The molecule has 1 aliphatic heterocycles. The Labute approximate surface area is 213 Å². The van der Waals surface area contributed by atoms with Gasteiger partial charge in [0.2, 0.25) is 0 Å². The number of hydrogen-bond donors (Lipinski definition) is 3. The molecule has 1 saturated heterocycles. The largest absolute Gasteiger partial charge is 0.508 e. The second kappa shape index (κ2) is 12.0. The van der Waals surface area contributed by atoms with E-state index in [0.717, 1.165) is 23.1 Å².